The summed E-state index contributed by atoms with van der Waals surface area (Å²) in [5, 5.41) is 4.87. The van der Waals surface area contributed by atoms with E-state index in [1.165, 1.54) is 26.8 Å². The number of sulfonamides is 1. The van der Waals surface area contributed by atoms with E-state index in [0.717, 1.165) is 6.42 Å². The van der Waals surface area contributed by atoms with Crippen LogP contribution in [0.3, 0.4) is 0 Å². The fourth-order valence-corrected chi connectivity index (χ4v) is 6.33. The Morgan fingerprint density at radius 2 is 1.78 bits per heavy atom. The van der Waals surface area contributed by atoms with Crippen molar-refractivity contribution in [3.8, 4) is 0 Å². The monoisotopic (exact) mass is 405 g/mol. The Hall–Kier alpha value is -1.90. The number of hydrogen-bond donors (Lipinski definition) is 1. The molecule has 0 saturated carbocycles. The third kappa shape index (κ3) is 3.88. The molecule has 144 valence electrons. The van der Waals surface area contributed by atoms with Crippen LogP contribution < -0.4 is 5.32 Å². The summed E-state index contributed by atoms with van der Waals surface area (Å²) in [5.41, 5.74) is 2.52. The third-order valence-corrected chi connectivity index (χ3v) is 8.56. The predicted molar refractivity (Wildman–Crippen MR) is 105 cm³/mol. The van der Waals surface area contributed by atoms with Crippen LogP contribution in [0.15, 0.2) is 46.0 Å². The minimum atomic E-state index is -3.40. The number of nitrogens with one attached hydrogen (secondary N) is 1. The molecule has 6 nitrogen and oxygen atoms in total. The molecular formula is C19H23N3O3S2. The van der Waals surface area contributed by atoms with Crippen LogP contribution in [0.25, 0.3) is 0 Å². The molecule has 2 aliphatic rings. The largest absolute Gasteiger partial charge is 0.335 e. The lowest BCUT2D eigenvalue weighted by atomic mass is 10.0. The second-order valence-corrected chi connectivity index (χ2v) is 10.1. The van der Waals surface area contributed by atoms with Crippen molar-refractivity contribution >= 4 is 27.4 Å². The Bertz CT molecular complexity index is 904. The first-order valence-corrected chi connectivity index (χ1v) is 11.5. The van der Waals surface area contributed by atoms with Gasteiger partial charge in [-0.15, -0.1) is 11.3 Å². The maximum atomic E-state index is 12.6. The van der Waals surface area contributed by atoms with Gasteiger partial charge in [-0.25, -0.2) is 13.2 Å². The quantitative estimate of drug-likeness (QED) is 0.854. The smallest absolute Gasteiger partial charge is 0.317 e. The lowest BCUT2D eigenvalue weighted by molar-refractivity contribution is 0.182. The number of amides is 2. The SMILES string of the molecule is O=C(NC1CCN(S(=O)(=O)c2cccs2)CC1)N1CCc2ccccc2C1. The summed E-state index contributed by atoms with van der Waals surface area (Å²) in [4.78, 5) is 14.5. The highest BCUT2D eigenvalue weighted by Crippen LogP contribution is 2.24. The number of benzene rings is 1. The molecule has 4 rings (SSSR count). The second kappa shape index (κ2) is 7.61. The van der Waals surface area contributed by atoms with Crippen LogP contribution in [-0.2, 0) is 23.0 Å². The zero-order chi connectivity index (χ0) is 18.9. The third-order valence-electron chi connectivity index (χ3n) is 5.29. The van der Waals surface area contributed by atoms with Crippen molar-refractivity contribution in [2.45, 2.75) is 36.1 Å². The summed E-state index contributed by atoms with van der Waals surface area (Å²) in [5.74, 6) is 0. The lowest BCUT2D eigenvalue weighted by Crippen LogP contribution is -2.50. The van der Waals surface area contributed by atoms with Crippen LogP contribution in [-0.4, -0.2) is 49.3 Å². The molecule has 2 aromatic rings. The van der Waals surface area contributed by atoms with Crippen LogP contribution in [0.1, 0.15) is 24.0 Å². The first-order chi connectivity index (χ1) is 13.0. The molecule has 2 aliphatic heterocycles. The lowest BCUT2D eigenvalue weighted by Gasteiger charge is -2.34. The van der Waals surface area contributed by atoms with Crippen LogP contribution in [0.5, 0.6) is 0 Å². The molecule has 0 atom stereocenters. The molecule has 0 radical (unpaired) electrons. The van der Waals surface area contributed by atoms with Gasteiger partial charge >= 0.3 is 6.03 Å². The van der Waals surface area contributed by atoms with Gasteiger partial charge in [0.15, 0.2) is 0 Å². The van der Waals surface area contributed by atoms with E-state index in [1.807, 2.05) is 17.0 Å². The second-order valence-electron chi connectivity index (χ2n) is 7.00. The van der Waals surface area contributed by atoms with Gasteiger partial charge in [0.2, 0.25) is 0 Å². The molecule has 1 aromatic carbocycles. The van der Waals surface area contributed by atoms with E-state index in [0.29, 0.717) is 43.2 Å². The van der Waals surface area contributed by atoms with E-state index in [1.54, 1.807) is 17.5 Å². The summed E-state index contributed by atoms with van der Waals surface area (Å²) in [6, 6.07) is 11.6. The number of thiophene rings is 1. The van der Waals surface area contributed by atoms with E-state index >= 15 is 0 Å². The molecule has 2 amide bonds. The topological polar surface area (TPSA) is 69.7 Å². The van der Waals surface area contributed by atoms with Crippen molar-refractivity contribution < 1.29 is 13.2 Å². The summed E-state index contributed by atoms with van der Waals surface area (Å²) in [7, 11) is -3.40. The Morgan fingerprint density at radius 3 is 2.48 bits per heavy atom. The molecule has 1 fully saturated rings. The molecule has 0 unspecified atom stereocenters. The molecule has 0 spiro atoms. The van der Waals surface area contributed by atoms with Gasteiger partial charge in [0.1, 0.15) is 4.21 Å². The predicted octanol–water partition coefficient (Wildman–Crippen LogP) is 2.67. The molecule has 1 aromatic heterocycles. The highest BCUT2D eigenvalue weighted by atomic mass is 32.2. The van der Waals surface area contributed by atoms with Gasteiger partial charge < -0.3 is 10.2 Å². The maximum absolute atomic E-state index is 12.6. The molecule has 0 bridgehead atoms. The standard InChI is InChI=1S/C19H23N3O3S2/c23-19(21-10-7-15-4-1-2-5-16(15)14-21)20-17-8-11-22(12-9-17)27(24,25)18-6-3-13-26-18/h1-6,13,17H,7-12,14H2,(H,20,23). The normalized spacial score (nSPS) is 18.9. The van der Waals surface area contributed by atoms with Crippen LogP contribution in [0.4, 0.5) is 4.79 Å². The summed E-state index contributed by atoms with van der Waals surface area (Å²) >= 11 is 1.24. The Kier molecular flexibility index (Phi) is 5.21. The first-order valence-electron chi connectivity index (χ1n) is 9.20. The number of fused-ring (bicyclic) bond motifs is 1. The number of carbonyl (C=O) groups is 1. The van der Waals surface area contributed by atoms with E-state index in [4.69, 9.17) is 0 Å². The number of rotatable bonds is 3. The van der Waals surface area contributed by atoms with Crippen LogP contribution in [0.2, 0.25) is 0 Å². The number of nitrogens with zero attached hydrogens (tertiary/aromatic N) is 2. The first kappa shape index (κ1) is 18.5. The van der Waals surface area contributed by atoms with Crippen molar-refractivity contribution in [1.82, 2.24) is 14.5 Å². The van der Waals surface area contributed by atoms with E-state index in [9.17, 15) is 13.2 Å². The molecule has 3 heterocycles. The molecule has 1 N–H and O–H groups in total. The number of hydrogen-bond acceptors (Lipinski definition) is 4. The van der Waals surface area contributed by atoms with Gasteiger partial charge in [-0.2, -0.15) is 4.31 Å². The van der Waals surface area contributed by atoms with Crippen LogP contribution in [0, 0.1) is 0 Å². The maximum Gasteiger partial charge on any atom is 0.317 e. The van der Waals surface area contributed by atoms with Crippen molar-refractivity contribution in [2.24, 2.45) is 0 Å². The van der Waals surface area contributed by atoms with Gasteiger partial charge in [0, 0.05) is 32.2 Å². The Balaban J connectivity index is 1.31. The van der Waals surface area contributed by atoms with Crippen LogP contribution >= 0.6 is 11.3 Å². The minimum absolute atomic E-state index is 0.0180. The van der Waals surface area contributed by atoms with E-state index in [-0.39, 0.29) is 12.1 Å². The van der Waals surface area contributed by atoms with Crippen molar-refractivity contribution in [3.63, 3.8) is 0 Å². The highest BCUT2D eigenvalue weighted by Gasteiger charge is 2.31. The number of carbonyl (C=O) groups excluding carboxylic acids is 1. The average Bonchev–Trinajstić information content (AvgIpc) is 3.24. The van der Waals surface area contributed by atoms with Gasteiger partial charge in [-0.05, 0) is 41.8 Å². The average molecular weight is 406 g/mol. The molecule has 0 aliphatic carbocycles. The molecule has 27 heavy (non-hydrogen) atoms. The van der Waals surface area contributed by atoms with Gasteiger partial charge in [0.05, 0.1) is 0 Å². The number of urea groups is 1. The summed E-state index contributed by atoms with van der Waals surface area (Å²) in [6.07, 6.45) is 2.16. The molecule has 1 saturated heterocycles. The summed E-state index contributed by atoms with van der Waals surface area (Å²) < 4.78 is 27.1. The highest BCUT2D eigenvalue weighted by molar-refractivity contribution is 7.91. The molecule has 8 heteroatoms. The number of piperidine rings is 1. The molecular weight excluding hydrogens is 382 g/mol. The van der Waals surface area contributed by atoms with Gasteiger partial charge in [0.25, 0.3) is 10.0 Å². The van der Waals surface area contributed by atoms with Gasteiger partial charge in [-0.1, -0.05) is 30.3 Å². The fraction of sp³-hybridized carbons (Fsp3) is 0.421. The van der Waals surface area contributed by atoms with Crippen molar-refractivity contribution in [3.05, 3.63) is 52.9 Å². The zero-order valence-electron chi connectivity index (χ0n) is 15.0. The van der Waals surface area contributed by atoms with E-state index in [2.05, 4.69) is 17.4 Å². The Morgan fingerprint density at radius 1 is 1.04 bits per heavy atom. The van der Waals surface area contributed by atoms with Crippen molar-refractivity contribution in [1.29, 1.82) is 0 Å². The summed E-state index contributed by atoms with van der Waals surface area (Å²) in [6.45, 7) is 2.23. The fourth-order valence-electron chi connectivity index (χ4n) is 3.71. The van der Waals surface area contributed by atoms with Gasteiger partial charge in [-0.3, -0.25) is 0 Å². The zero-order valence-corrected chi connectivity index (χ0v) is 16.6. The minimum Gasteiger partial charge on any atom is -0.335 e. The van der Waals surface area contributed by atoms with Crippen molar-refractivity contribution in [2.75, 3.05) is 19.6 Å². The Labute approximate surface area is 163 Å². The van der Waals surface area contributed by atoms with E-state index < -0.39 is 10.0 Å².